The Bertz CT molecular complexity index is 515. The Morgan fingerprint density at radius 2 is 2.05 bits per heavy atom. The first-order chi connectivity index (χ1) is 9.88. The average molecular weight is 401 g/mol. The van der Waals surface area contributed by atoms with Crippen molar-refractivity contribution in [2.45, 2.75) is 6.54 Å². The highest BCUT2D eigenvalue weighted by Gasteiger charge is 1.99. The fourth-order valence-electron chi connectivity index (χ4n) is 1.64. The van der Waals surface area contributed by atoms with Crippen molar-refractivity contribution in [3.63, 3.8) is 0 Å². The van der Waals surface area contributed by atoms with Crippen LogP contribution in [0.1, 0.15) is 5.69 Å². The fourth-order valence-corrected chi connectivity index (χ4v) is 1.64. The van der Waals surface area contributed by atoms with Crippen LogP contribution in [0.5, 0.6) is 5.75 Å². The summed E-state index contributed by atoms with van der Waals surface area (Å²) in [6.07, 6.45) is 1.72. The fraction of sp³-hybridized carbons (Fsp3) is 0.286. The Balaban J connectivity index is 0.00000220. The van der Waals surface area contributed by atoms with Gasteiger partial charge in [0.25, 0.3) is 0 Å². The van der Waals surface area contributed by atoms with E-state index in [-0.39, 0.29) is 24.0 Å². The summed E-state index contributed by atoms with van der Waals surface area (Å²) in [5.41, 5.74) is 1.01. The van der Waals surface area contributed by atoms with Gasteiger partial charge in [-0.3, -0.25) is 10.1 Å². The van der Waals surface area contributed by atoms with E-state index in [9.17, 15) is 0 Å². The molecule has 0 aliphatic rings. The number of hydrogen-bond donors (Lipinski definition) is 3. The summed E-state index contributed by atoms with van der Waals surface area (Å²) in [5.74, 6) is 1.60. The van der Waals surface area contributed by atoms with Crippen LogP contribution in [0.25, 0.3) is 0 Å². The lowest BCUT2D eigenvalue weighted by atomic mass is 10.3. The number of aliphatic imine (C=N–C) groups is 1. The highest BCUT2D eigenvalue weighted by molar-refractivity contribution is 14.0. The Morgan fingerprint density at radius 3 is 2.71 bits per heavy atom. The summed E-state index contributed by atoms with van der Waals surface area (Å²) in [7, 11) is 1.74. The third-order valence-corrected chi connectivity index (χ3v) is 2.63. The van der Waals surface area contributed by atoms with Crippen LogP contribution in [0.3, 0.4) is 0 Å². The van der Waals surface area contributed by atoms with Crippen molar-refractivity contribution in [2.24, 2.45) is 4.99 Å². The van der Waals surface area contributed by atoms with E-state index in [0.29, 0.717) is 19.7 Å². The van der Waals surface area contributed by atoms with E-state index in [1.165, 1.54) is 0 Å². The third-order valence-electron chi connectivity index (χ3n) is 2.63. The number of guanidine groups is 1. The first kappa shape index (κ1) is 17.3. The molecule has 0 radical (unpaired) electrons. The molecule has 0 aliphatic heterocycles. The van der Waals surface area contributed by atoms with E-state index in [1.54, 1.807) is 13.2 Å². The number of H-pyrrole nitrogens is 1. The van der Waals surface area contributed by atoms with Crippen molar-refractivity contribution >= 4 is 29.9 Å². The number of hydrogen-bond acceptors (Lipinski definition) is 3. The largest absolute Gasteiger partial charge is 0.492 e. The van der Waals surface area contributed by atoms with Gasteiger partial charge in [-0.25, -0.2) is 0 Å². The lowest BCUT2D eigenvalue weighted by Gasteiger charge is -2.11. The lowest BCUT2D eigenvalue weighted by Crippen LogP contribution is -2.38. The van der Waals surface area contributed by atoms with Crippen LogP contribution >= 0.6 is 24.0 Å². The van der Waals surface area contributed by atoms with Crippen molar-refractivity contribution in [3.05, 3.63) is 48.3 Å². The van der Waals surface area contributed by atoms with Gasteiger partial charge in [0.05, 0.1) is 18.8 Å². The Labute approximate surface area is 141 Å². The smallest absolute Gasteiger partial charge is 0.191 e. The van der Waals surface area contributed by atoms with Crippen LogP contribution in [0, 0.1) is 0 Å². The van der Waals surface area contributed by atoms with Gasteiger partial charge < -0.3 is 15.4 Å². The normalized spacial score (nSPS) is 10.6. The van der Waals surface area contributed by atoms with Crippen LogP contribution in [0.2, 0.25) is 0 Å². The van der Waals surface area contributed by atoms with E-state index < -0.39 is 0 Å². The molecule has 0 fully saturated rings. The van der Waals surface area contributed by atoms with Crippen molar-refractivity contribution in [1.29, 1.82) is 0 Å². The zero-order valence-corrected chi connectivity index (χ0v) is 14.2. The van der Waals surface area contributed by atoms with Gasteiger partial charge in [-0.15, -0.1) is 24.0 Å². The van der Waals surface area contributed by atoms with Crippen LogP contribution in [0.15, 0.2) is 47.6 Å². The maximum atomic E-state index is 5.59. The van der Waals surface area contributed by atoms with Gasteiger partial charge >= 0.3 is 0 Å². The summed E-state index contributed by atoms with van der Waals surface area (Å²) in [6.45, 7) is 1.91. The summed E-state index contributed by atoms with van der Waals surface area (Å²) >= 11 is 0. The van der Waals surface area contributed by atoms with Gasteiger partial charge in [-0.05, 0) is 18.2 Å². The van der Waals surface area contributed by atoms with Crippen LogP contribution in [0.4, 0.5) is 0 Å². The van der Waals surface area contributed by atoms with E-state index in [4.69, 9.17) is 4.74 Å². The third kappa shape index (κ3) is 6.48. The number of nitrogens with one attached hydrogen (secondary N) is 3. The zero-order valence-electron chi connectivity index (χ0n) is 11.9. The molecule has 0 atom stereocenters. The number of aromatic amines is 1. The van der Waals surface area contributed by atoms with E-state index >= 15 is 0 Å². The minimum atomic E-state index is 0. The molecule has 0 unspecified atom stereocenters. The summed E-state index contributed by atoms with van der Waals surface area (Å²) in [5, 5.41) is 13.1. The molecule has 0 saturated carbocycles. The molecule has 21 heavy (non-hydrogen) atoms. The molecule has 3 N–H and O–H groups in total. The highest BCUT2D eigenvalue weighted by Crippen LogP contribution is 2.07. The minimum Gasteiger partial charge on any atom is -0.492 e. The standard InChI is InChI=1S/C14H19N5O.HI/c1-15-14(17-11-12-7-8-18-19-12)16-9-10-20-13-5-3-2-4-6-13;/h2-8H,9-11H2,1H3,(H,18,19)(H2,15,16,17);1H. The number of nitrogens with zero attached hydrogens (tertiary/aromatic N) is 2. The predicted molar refractivity (Wildman–Crippen MR) is 94.1 cm³/mol. The first-order valence-electron chi connectivity index (χ1n) is 6.49. The van der Waals surface area contributed by atoms with Gasteiger partial charge in [-0.2, -0.15) is 5.10 Å². The first-order valence-corrected chi connectivity index (χ1v) is 6.49. The van der Waals surface area contributed by atoms with Crippen molar-refractivity contribution in [3.8, 4) is 5.75 Å². The van der Waals surface area contributed by atoms with Gasteiger partial charge in [0, 0.05) is 13.2 Å². The second-order valence-electron chi connectivity index (χ2n) is 4.10. The summed E-state index contributed by atoms with van der Waals surface area (Å²) < 4.78 is 5.59. The molecule has 2 aromatic rings. The topological polar surface area (TPSA) is 74.3 Å². The zero-order chi connectivity index (χ0) is 14.0. The number of halogens is 1. The van der Waals surface area contributed by atoms with Gasteiger partial charge in [0.15, 0.2) is 5.96 Å². The molecular weight excluding hydrogens is 381 g/mol. The lowest BCUT2D eigenvalue weighted by molar-refractivity contribution is 0.322. The van der Waals surface area contributed by atoms with Gasteiger partial charge in [0.2, 0.25) is 0 Å². The summed E-state index contributed by atoms with van der Waals surface area (Å²) in [4.78, 5) is 4.14. The molecule has 0 bridgehead atoms. The van der Waals surface area contributed by atoms with E-state index in [1.807, 2.05) is 36.4 Å². The van der Waals surface area contributed by atoms with Gasteiger partial charge in [0.1, 0.15) is 12.4 Å². The molecule has 2 rings (SSSR count). The molecule has 0 saturated heterocycles. The molecule has 1 aromatic heterocycles. The number of ether oxygens (including phenoxy) is 1. The number of aromatic nitrogens is 2. The molecule has 6 nitrogen and oxygen atoms in total. The molecule has 114 valence electrons. The predicted octanol–water partition coefficient (Wildman–Crippen LogP) is 1.77. The molecule has 0 amide bonds. The second kappa shape index (κ2) is 10.0. The Hall–Kier alpha value is -1.77. The van der Waals surface area contributed by atoms with Crippen LogP contribution in [-0.4, -0.2) is 36.4 Å². The molecule has 1 heterocycles. The Kier molecular flexibility index (Phi) is 8.25. The molecule has 0 spiro atoms. The molecular formula is C14H20IN5O. The number of benzene rings is 1. The van der Waals surface area contributed by atoms with Gasteiger partial charge in [-0.1, -0.05) is 18.2 Å². The monoisotopic (exact) mass is 401 g/mol. The number of rotatable bonds is 6. The highest BCUT2D eigenvalue weighted by atomic mass is 127. The quantitative estimate of drug-likeness (QED) is 0.299. The van der Waals surface area contributed by atoms with Crippen LogP contribution < -0.4 is 15.4 Å². The van der Waals surface area contributed by atoms with Crippen molar-refractivity contribution in [1.82, 2.24) is 20.8 Å². The second-order valence-corrected chi connectivity index (χ2v) is 4.10. The Morgan fingerprint density at radius 1 is 1.24 bits per heavy atom. The van der Waals surface area contributed by atoms with Crippen LogP contribution in [-0.2, 0) is 6.54 Å². The molecule has 7 heteroatoms. The SMILES string of the molecule is CN=C(NCCOc1ccccc1)NCc1ccn[nH]1.I. The summed E-state index contributed by atoms with van der Waals surface area (Å²) in [6, 6.07) is 11.7. The molecule has 0 aliphatic carbocycles. The number of para-hydroxylation sites is 1. The van der Waals surface area contributed by atoms with E-state index in [0.717, 1.165) is 17.4 Å². The van der Waals surface area contributed by atoms with Crippen molar-refractivity contribution < 1.29 is 4.74 Å². The molecule has 1 aromatic carbocycles. The minimum absolute atomic E-state index is 0. The maximum Gasteiger partial charge on any atom is 0.191 e. The van der Waals surface area contributed by atoms with E-state index in [2.05, 4.69) is 25.8 Å². The maximum absolute atomic E-state index is 5.59. The van der Waals surface area contributed by atoms with Crippen molar-refractivity contribution in [2.75, 3.05) is 20.2 Å². The average Bonchev–Trinajstić information content (AvgIpc) is 3.01.